The number of amides is 1. The van der Waals surface area contributed by atoms with Crippen LogP contribution in [0.5, 0.6) is 0 Å². The van der Waals surface area contributed by atoms with Gasteiger partial charge in [0.2, 0.25) is 0 Å². The lowest BCUT2D eigenvalue weighted by Crippen LogP contribution is -2.38. The molecule has 1 aromatic rings. The van der Waals surface area contributed by atoms with Crippen LogP contribution in [0.4, 0.5) is 28.9 Å². The molecule has 1 aliphatic rings. The summed E-state index contributed by atoms with van der Waals surface area (Å²) >= 11 is 0. The minimum Gasteiger partial charge on any atom is -0.369 e. The van der Waals surface area contributed by atoms with Gasteiger partial charge in [0.25, 0.3) is 0 Å². The van der Waals surface area contributed by atoms with Crippen molar-refractivity contribution in [1.82, 2.24) is 0 Å². The van der Waals surface area contributed by atoms with Gasteiger partial charge in [-0.1, -0.05) is 0 Å². The van der Waals surface area contributed by atoms with E-state index in [1.54, 1.807) is 0 Å². The summed E-state index contributed by atoms with van der Waals surface area (Å²) < 4.78 is 51.2. The van der Waals surface area contributed by atoms with Crippen molar-refractivity contribution in [1.29, 1.82) is 0 Å². The van der Waals surface area contributed by atoms with Crippen molar-refractivity contribution in [2.45, 2.75) is 25.4 Å². The van der Waals surface area contributed by atoms with E-state index in [1.165, 1.54) is 12.1 Å². The second-order valence-electron chi connectivity index (χ2n) is 5.05. The Morgan fingerprint density at radius 2 is 1.81 bits per heavy atom. The Morgan fingerprint density at radius 1 is 1.19 bits per heavy atom. The first-order valence-electron chi connectivity index (χ1n) is 6.70. The molecular formula is C14H16F4N2O. The SMILES string of the molecule is CN(C(=O)C(F)(F)F)c1ccc(N2CCCCC2)c(F)c1. The van der Waals surface area contributed by atoms with E-state index in [-0.39, 0.29) is 5.69 Å². The predicted octanol–water partition coefficient (Wildman–Crippen LogP) is 3.34. The van der Waals surface area contributed by atoms with E-state index in [4.69, 9.17) is 0 Å². The first kappa shape index (κ1) is 15.6. The second kappa shape index (κ2) is 5.91. The summed E-state index contributed by atoms with van der Waals surface area (Å²) in [4.78, 5) is 13.4. The third-order valence-electron chi connectivity index (χ3n) is 3.56. The standard InChI is InChI=1S/C14H16F4N2O/c1-19(13(21)14(16,17)18)10-5-6-12(11(15)9-10)20-7-3-2-4-8-20/h5-6,9H,2-4,7-8H2,1H3. The molecule has 3 nitrogen and oxygen atoms in total. The van der Waals surface area contributed by atoms with Crippen LogP contribution in [0.15, 0.2) is 18.2 Å². The molecule has 1 saturated heterocycles. The highest BCUT2D eigenvalue weighted by molar-refractivity contribution is 5.96. The Hall–Kier alpha value is -1.79. The molecule has 21 heavy (non-hydrogen) atoms. The van der Waals surface area contributed by atoms with E-state index >= 15 is 0 Å². The summed E-state index contributed by atoms with van der Waals surface area (Å²) in [5, 5.41) is 0. The first-order chi connectivity index (χ1) is 9.80. The lowest BCUT2D eigenvalue weighted by atomic mass is 10.1. The molecule has 0 spiro atoms. The molecule has 1 aliphatic heterocycles. The van der Waals surface area contributed by atoms with Crippen LogP contribution in [0.25, 0.3) is 0 Å². The number of carbonyl (C=O) groups excluding carboxylic acids is 1. The number of alkyl halides is 3. The largest absolute Gasteiger partial charge is 0.471 e. The van der Waals surface area contributed by atoms with E-state index in [0.717, 1.165) is 45.5 Å². The third kappa shape index (κ3) is 3.46. The number of benzene rings is 1. The zero-order valence-corrected chi connectivity index (χ0v) is 11.6. The smallest absolute Gasteiger partial charge is 0.369 e. The molecule has 1 fully saturated rings. The molecule has 1 heterocycles. The molecule has 0 bridgehead atoms. The highest BCUT2D eigenvalue weighted by atomic mass is 19.4. The highest BCUT2D eigenvalue weighted by Gasteiger charge is 2.41. The van der Waals surface area contributed by atoms with Gasteiger partial charge >= 0.3 is 12.1 Å². The van der Waals surface area contributed by atoms with Crippen LogP contribution in [0.3, 0.4) is 0 Å². The molecule has 1 amide bonds. The van der Waals surface area contributed by atoms with Crippen molar-refractivity contribution in [2.24, 2.45) is 0 Å². The van der Waals surface area contributed by atoms with Crippen molar-refractivity contribution >= 4 is 17.3 Å². The van der Waals surface area contributed by atoms with E-state index in [0.29, 0.717) is 10.6 Å². The summed E-state index contributed by atoms with van der Waals surface area (Å²) in [6.45, 7) is 1.46. The number of hydrogen-bond donors (Lipinski definition) is 0. The number of piperidine rings is 1. The lowest BCUT2D eigenvalue weighted by Gasteiger charge is -2.29. The van der Waals surface area contributed by atoms with E-state index in [1.807, 2.05) is 4.90 Å². The van der Waals surface area contributed by atoms with Crippen molar-refractivity contribution in [3.63, 3.8) is 0 Å². The predicted molar refractivity (Wildman–Crippen MR) is 71.9 cm³/mol. The quantitative estimate of drug-likeness (QED) is 0.782. The van der Waals surface area contributed by atoms with Gasteiger partial charge in [-0.3, -0.25) is 4.79 Å². The van der Waals surface area contributed by atoms with Gasteiger partial charge in [0.1, 0.15) is 5.82 Å². The van der Waals surface area contributed by atoms with Crippen molar-refractivity contribution in [2.75, 3.05) is 29.9 Å². The average molecular weight is 304 g/mol. The molecule has 0 N–H and O–H groups in total. The highest BCUT2D eigenvalue weighted by Crippen LogP contribution is 2.28. The van der Waals surface area contributed by atoms with Crippen LogP contribution in [0.2, 0.25) is 0 Å². The summed E-state index contributed by atoms with van der Waals surface area (Å²) in [5.74, 6) is -2.64. The van der Waals surface area contributed by atoms with E-state index < -0.39 is 17.9 Å². The average Bonchev–Trinajstić information content (AvgIpc) is 2.45. The van der Waals surface area contributed by atoms with Gasteiger partial charge in [-0.15, -0.1) is 0 Å². The Balaban J connectivity index is 2.20. The van der Waals surface area contributed by atoms with Crippen molar-refractivity contribution < 1.29 is 22.4 Å². The van der Waals surface area contributed by atoms with Gasteiger partial charge in [-0.05, 0) is 37.5 Å². The maximum atomic E-state index is 14.1. The normalized spacial score (nSPS) is 16.0. The van der Waals surface area contributed by atoms with Crippen LogP contribution >= 0.6 is 0 Å². The minimum absolute atomic E-state index is 0.115. The van der Waals surface area contributed by atoms with Crippen LogP contribution in [-0.4, -0.2) is 32.2 Å². The van der Waals surface area contributed by atoms with Crippen LogP contribution in [0, 0.1) is 5.82 Å². The topological polar surface area (TPSA) is 23.6 Å². The fraction of sp³-hybridized carbons (Fsp3) is 0.500. The summed E-state index contributed by atoms with van der Waals surface area (Å²) in [6, 6.07) is 3.72. The molecule has 0 radical (unpaired) electrons. The lowest BCUT2D eigenvalue weighted by molar-refractivity contribution is -0.170. The Morgan fingerprint density at radius 3 is 2.33 bits per heavy atom. The molecule has 2 rings (SSSR count). The zero-order valence-electron chi connectivity index (χ0n) is 11.6. The number of hydrogen-bond acceptors (Lipinski definition) is 2. The molecule has 1 aromatic carbocycles. The van der Waals surface area contributed by atoms with Gasteiger partial charge < -0.3 is 9.80 Å². The van der Waals surface area contributed by atoms with Gasteiger partial charge in [0, 0.05) is 25.8 Å². The summed E-state index contributed by atoms with van der Waals surface area (Å²) in [7, 11) is 0.977. The third-order valence-corrected chi connectivity index (χ3v) is 3.56. The number of carbonyl (C=O) groups is 1. The van der Waals surface area contributed by atoms with Crippen LogP contribution in [-0.2, 0) is 4.79 Å². The van der Waals surface area contributed by atoms with Crippen molar-refractivity contribution in [3.05, 3.63) is 24.0 Å². The molecule has 116 valence electrons. The van der Waals surface area contributed by atoms with E-state index in [9.17, 15) is 22.4 Å². The maximum Gasteiger partial charge on any atom is 0.471 e. The van der Waals surface area contributed by atoms with Gasteiger partial charge in [0.05, 0.1) is 5.69 Å². The van der Waals surface area contributed by atoms with Crippen molar-refractivity contribution in [3.8, 4) is 0 Å². The molecule has 7 heteroatoms. The molecule has 0 atom stereocenters. The summed E-state index contributed by atoms with van der Waals surface area (Å²) in [6.07, 6.45) is -1.95. The molecular weight excluding hydrogens is 288 g/mol. The summed E-state index contributed by atoms with van der Waals surface area (Å²) in [5.41, 5.74) is 0.252. The second-order valence-corrected chi connectivity index (χ2v) is 5.05. The molecule has 0 unspecified atom stereocenters. The number of nitrogens with zero attached hydrogens (tertiary/aromatic N) is 2. The van der Waals surface area contributed by atoms with Gasteiger partial charge in [-0.25, -0.2) is 4.39 Å². The Labute approximate surface area is 120 Å². The number of halogens is 4. The number of rotatable bonds is 2. The maximum absolute atomic E-state index is 14.1. The Kier molecular flexibility index (Phi) is 4.39. The molecule has 0 aromatic heterocycles. The Bertz CT molecular complexity index is 524. The monoisotopic (exact) mass is 304 g/mol. The fourth-order valence-corrected chi connectivity index (χ4v) is 2.40. The fourth-order valence-electron chi connectivity index (χ4n) is 2.40. The van der Waals surface area contributed by atoms with Gasteiger partial charge in [0.15, 0.2) is 0 Å². The van der Waals surface area contributed by atoms with Crippen LogP contribution in [0.1, 0.15) is 19.3 Å². The van der Waals surface area contributed by atoms with Crippen LogP contribution < -0.4 is 9.80 Å². The zero-order chi connectivity index (χ0) is 15.6. The minimum atomic E-state index is -4.98. The molecule has 0 aliphatic carbocycles. The molecule has 0 saturated carbocycles. The van der Waals surface area contributed by atoms with E-state index in [2.05, 4.69) is 0 Å². The number of anilines is 2. The first-order valence-corrected chi connectivity index (χ1v) is 6.70. The van der Waals surface area contributed by atoms with Gasteiger partial charge in [-0.2, -0.15) is 13.2 Å².